The Kier molecular flexibility index (Phi) is 16.5. The lowest BCUT2D eigenvalue weighted by atomic mass is 10.1. The van der Waals surface area contributed by atoms with Crippen molar-refractivity contribution < 1.29 is 36.0 Å². The molecule has 0 fully saturated rings. The Bertz CT molecular complexity index is 632. The topological polar surface area (TPSA) is 111 Å². The van der Waals surface area contributed by atoms with E-state index in [2.05, 4.69) is 11.1 Å². The van der Waals surface area contributed by atoms with Gasteiger partial charge in [0.2, 0.25) is 16.7 Å². The van der Waals surface area contributed by atoms with Gasteiger partial charge in [0, 0.05) is 6.61 Å². The summed E-state index contributed by atoms with van der Waals surface area (Å²) in [6.45, 7) is 5.95. The zero-order valence-electron chi connectivity index (χ0n) is 17.9. The van der Waals surface area contributed by atoms with E-state index in [0.717, 1.165) is 19.3 Å². The number of aromatic nitrogens is 2. The van der Waals surface area contributed by atoms with Gasteiger partial charge in [-0.25, -0.2) is 22.3 Å². The average molecular weight is 437 g/mol. The molecular formula is C19H36N2O7S. The molecule has 1 rings (SSSR count). The Morgan fingerprint density at radius 2 is 1.69 bits per heavy atom. The van der Waals surface area contributed by atoms with Gasteiger partial charge in [-0.15, -0.1) is 0 Å². The molecule has 0 spiro atoms. The molecule has 0 radical (unpaired) electrons. The molecule has 0 N–H and O–H groups in total. The van der Waals surface area contributed by atoms with Gasteiger partial charge >= 0.3 is 5.97 Å². The number of unbranched alkanes of at least 4 members (excludes halogenated alkanes) is 5. The van der Waals surface area contributed by atoms with E-state index < -0.39 is 10.4 Å². The minimum absolute atomic E-state index is 0.0258. The van der Waals surface area contributed by atoms with Crippen LogP contribution in [0.1, 0.15) is 58.8 Å². The Balaban J connectivity index is 0.000000555. The van der Waals surface area contributed by atoms with Crippen LogP contribution in [0.2, 0.25) is 0 Å². The number of hydrogen-bond donors (Lipinski definition) is 0. The fourth-order valence-corrected chi connectivity index (χ4v) is 2.62. The highest BCUT2D eigenvalue weighted by Gasteiger charge is 2.08. The lowest BCUT2D eigenvalue weighted by Gasteiger charge is -2.06. The van der Waals surface area contributed by atoms with Crippen molar-refractivity contribution in [3.05, 3.63) is 18.7 Å². The molecule has 1 heterocycles. The zero-order chi connectivity index (χ0) is 22.0. The zero-order valence-corrected chi connectivity index (χ0v) is 18.7. The first-order valence-electron chi connectivity index (χ1n) is 10.1. The number of esters is 1. The standard InChI is InChI=1S/C11H19N2O3.C8H18O4S/c1-3-6-15-7-8-16-11(14)9-13-5-4-12(2)10-13;1-2-3-4-5-6-7-8-12-13(9,10)11/h4-5,10H,3,6-9H2,1-2H3;2-8H2,1H3,(H,9,10,11)/q+1;/p-1. The molecule has 0 saturated carbocycles. The number of carbonyl (C=O) groups excluding carboxylic acids is 1. The molecule has 170 valence electrons. The first kappa shape index (κ1) is 27.5. The summed E-state index contributed by atoms with van der Waals surface area (Å²) in [7, 11) is -2.57. The van der Waals surface area contributed by atoms with Gasteiger partial charge < -0.3 is 14.0 Å². The summed E-state index contributed by atoms with van der Waals surface area (Å²) in [6.07, 6.45) is 12.7. The van der Waals surface area contributed by atoms with Gasteiger partial charge in [0.05, 0.1) is 20.3 Å². The van der Waals surface area contributed by atoms with Gasteiger partial charge in [-0.3, -0.25) is 4.18 Å². The largest absolute Gasteiger partial charge is 0.726 e. The van der Waals surface area contributed by atoms with Crippen molar-refractivity contribution in [2.75, 3.05) is 26.4 Å². The highest BCUT2D eigenvalue weighted by Crippen LogP contribution is 2.05. The Morgan fingerprint density at radius 1 is 1.00 bits per heavy atom. The first-order valence-corrected chi connectivity index (χ1v) is 11.5. The summed E-state index contributed by atoms with van der Waals surface area (Å²) < 4.78 is 47.9. The van der Waals surface area contributed by atoms with Crippen LogP contribution in [-0.2, 0) is 42.4 Å². The van der Waals surface area contributed by atoms with Gasteiger partial charge in [0.1, 0.15) is 19.0 Å². The van der Waals surface area contributed by atoms with Gasteiger partial charge in [-0.1, -0.05) is 46.0 Å². The van der Waals surface area contributed by atoms with Crippen LogP contribution in [0.15, 0.2) is 18.7 Å². The van der Waals surface area contributed by atoms with E-state index in [-0.39, 0.29) is 19.1 Å². The van der Waals surface area contributed by atoms with Crippen LogP contribution in [0.25, 0.3) is 0 Å². The highest BCUT2D eigenvalue weighted by molar-refractivity contribution is 7.80. The Labute approximate surface area is 174 Å². The molecule has 0 aromatic carbocycles. The Morgan fingerprint density at radius 3 is 2.28 bits per heavy atom. The third-order valence-electron chi connectivity index (χ3n) is 3.70. The summed E-state index contributed by atoms with van der Waals surface area (Å²) in [5.41, 5.74) is 0. The number of nitrogens with zero attached hydrogens (tertiary/aromatic N) is 2. The summed E-state index contributed by atoms with van der Waals surface area (Å²) in [5, 5.41) is 0. The summed E-state index contributed by atoms with van der Waals surface area (Å²) in [4.78, 5) is 11.3. The maximum Gasteiger partial charge on any atom is 0.348 e. The molecule has 9 nitrogen and oxygen atoms in total. The van der Waals surface area contributed by atoms with Crippen LogP contribution in [0.4, 0.5) is 0 Å². The molecule has 0 saturated heterocycles. The lowest BCUT2D eigenvalue weighted by Crippen LogP contribution is -2.24. The van der Waals surface area contributed by atoms with E-state index in [0.29, 0.717) is 26.2 Å². The van der Waals surface area contributed by atoms with Crippen molar-refractivity contribution in [3.63, 3.8) is 0 Å². The fraction of sp³-hybridized carbons (Fsp3) is 0.789. The lowest BCUT2D eigenvalue weighted by molar-refractivity contribution is -0.671. The van der Waals surface area contributed by atoms with E-state index in [4.69, 9.17) is 9.47 Å². The second-order valence-corrected chi connectivity index (χ2v) is 7.63. The first-order chi connectivity index (χ1) is 13.8. The SMILES string of the molecule is CCCCCCCCOS(=O)(=O)[O-].CCCOCCOC(=O)Cn1cc[n+](C)c1. The molecule has 0 unspecified atom stereocenters. The number of imidazole rings is 1. The van der Waals surface area contributed by atoms with Crippen LogP contribution in [-0.4, -0.2) is 49.9 Å². The fourth-order valence-electron chi connectivity index (χ4n) is 2.29. The van der Waals surface area contributed by atoms with Gasteiger partial charge in [0.15, 0.2) is 6.54 Å². The molecule has 0 atom stereocenters. The van der Waals surface area contributed by atoms with E-state index in [1.807, 2.05) is 37.3 Å². The van der Waals surface area contributed by atoms with Crippen molar-refractivity contribution in [2.24, 2.45) is 7.05 Å². The smallest absolute Gasteiger partial charge is 0.348 e. The number of ether oxygens (including phenoxy) is 2. The number of carbonyl (C=O) groups is 1. The number of rotatable bonds is 15. The quantitative estimate of drug-likeness (QED) is 0.136. The summed E-state index contributed by atoms with van der Waals surface area (Å²) >= 11 is 0. The van der Waals surface area contributed by atoms with E-state index in [9.17, 15) is 17.8 Å². The van der Waals surface area contributed by atoms with Crippen LogP contribution in [0.5, 0.6) is 0 Å². The molecule has 0 bridgehead atoms. The molecule has 0 aliphatic heterocycles. The minimum Gasteiger partial charge on any atom is -0.726 e. The normalized spacial score (nSPS) is 11.0. The van der Waals surface area contributed by atoms with Crippen molar-refractivity contribution >= 4 is 16.4 Å². The maximum atomic E-state index is 11.3. The third-order valence-corrected chi connectivity index (χ3v) is 4.16. The molecule has 0 aliphatic carbocycles. The summed E-state index contributed by atoms with van der Waals surface area (Å²) in [5.74, 6) is -0.240. The summed E-state index contributed by atoms with van der Waals surface area (Å²) in [6, 6.07) is 0. The van der Waals surface area contributed by atoms with E-state index >= 15 is 0 Å². The third kappa shape index (κ3) is 19.6. The predicted molar refractivity (Wildman–Crippen MR) is 107 cm³/mol. The molecule has 0 amide bonds. The Hall–Kier alpha value is -1.49. The average Bonchev–Trinajstić information content (AvgIpc) is 3.05. The monoisotopic (exact) mass is 436 g/mol. The van der Waals surface area contributed by atoms with Crippen LogP contribution < -0.4 is 4.57 Å². The molecule has 29 heavy (non-hydrogen) atoms. The van der Waals surface area contributed by atoms with Gasteiger partial charge in [0.25, 0.3) is 0 Å². The van der Waals surface area contributed by atoms with Gasteiger partial charge in [-0.2, -0.15) is 0 Å². The molecule has 1 aromatic heterocycles. The maximum absolute atomic E-state index is 11.3. The van der Waals surface area contributed by atoms with Crippen LogP contribution >= 0.6 is 0 Å². The van der Waals surface area contributed by atoms with Crippen molar-refractivity contribution in [1.29, 1.82) is 0 Å². The predicted octanol–water partition coefficient (Wildman–Crippen LogP) is 2.11. The molecule has 0 aliphatic rings. The van der Waals surface area contributed by atoms with Crippen LogP contribution in [0, 0.1) is 0 Å². The minimum atomic E-state index is -4.47. The van der Waals surface area contributed by atoms with Crippen molar-refractivity contribution in [1.82, 2.24) is 4.57 Å². The van der Waals surface area contributed by atoms with Crippen molar-refractivity contribution in [3.8, 4) is 0 Å². The second-order valence-electron chi connectivity index (χ2n) is 6.58. The van der Waals surface area contributed by atoms with E-state index in [1.165, 1.54) is 19.3 Å². The number of hydrogen-bond acceptors (Lipinski definition) is 7. The second kappa shape index (κ2) is 17.4. The van der Waals surface area contributed by atoms with Gasteiger partial charge in [-0.05, 0) is 12.8 Å². The number of aryl methyl sites for hydroxylation is 1. The van der Waals surface area contributed by atoms with E-state index in [1.54, 1.807) is 4.57 Å². The highest BCUT2D eigenvalue weighted by atomic mass is 32.3. The molecular weight excluding hydrogens is 400 g/mol. The van der Waals surface area contributed by atoms with Crippen LogP contribution in [0.3, 0.4) is 0 Å². The molecule has 10 heteroatoms. The van der Waals surface area contributed by atoms with Crippen molar-refractivity contribution in [2.45, 2.75) is 65.3 Å². The molecule has 1 aromatic rings.